The van der Waals surface area contributed by atoms with Crippen LogP contribution in [0.15, 0.2) is 35.4 Å². The third-order valence-corrected chi connectivity index (χ3v) is 2.52. The topological polar surface area (TPSA) is 47.8 Å². The summed E-state index contributed by atoms with van der Waals surface area (Å²) in [6, 6.07) is 5.37. The van der Waals surface area contributed by atoms with Gasteiger partial charge < -0.3 is 0 Å². The van der Waals surface area contributed by atoms with E-state index in [1.54, 1.807) is 18.5 Å². The van der Waals surface area contributed by atoms with E-state index in [0.717, 1.165) is 16.8 Å². The van der Waals surface area contributed by atoms with Crippen molar-refractivity contribution in [2.45, 2.75) is 20.4 Å². The lowest BCUT2D eigenvalue weighted by molar-refractivity contribution is 0.624. The van der Waals surface area contributed by atoms with Crippen LogP contribution in [-0.4, -0.2) is 14.8 Å². The third-order valence-electron chi connectivity index (χ3n) is 2.52. The van der Waals surface area contributed by atoms with Crippen LogP contribution < -0.4 is 5.56 Å². The lowest BCUT2D eigenvalue weighted by Gasteiger charge is -2.06. The van der Waals surface area contributed by atoms with E-state index in [9.17, 15) is 4.79 Å². The molecular formula is C12H13N3O. The molecule has 4 nitrogen and oxygen atoms in total. The summed E-state index contributed by atoms with van der Waals surface area (Å²) in [6.45, 7) is 4.28. The third kappa shape index (κ3) is 2.16. The molecule has 0 spiro atoms. The smallest absolute Gasteiger partial charge is 0.267 e. The van der Waals surface area contributed by atoms with Crippen molar-refractivity contribution < 1.29 is 0 Å². The van der Waals surface area contributed by atoms with Crippen LogP contribution in [0.5, 0.6) is 0 Å². The molecule has 0 atom stereocenters. The fraction of sp³-hybridized carbons (Fsp3) is 0.250. The largest absolute Gasteiger partial charge is 0.268 e. The van der Waals surface area contributed by atoms with Crippen molar-refractivity contribution in [1.29, 1.82) is 0 Å². The lowest BCUT2D eigenvalue weighted by atomic mass is 10.2. The summed E-state index contributed by atoms with van der Waals surface area (Å²) >= 11 is 0. The molecule has 0 aliphatic heterocycles. The van der Waals surface area contributed by atoms with Gasteiger partial charge >= 0.3 is 0 Å². The second-order valence-electron chi connectivity index (χ2n) is 3.76. The minimum atomic E-state index is -0.0695. The average Bonchev–Trinajstić information content (AvgIpc) is 2.27. The van der Waals surface area contributed by atoms with Gasteiger partial charge in [0, 0.05) is 18.5 Å². The molecule has 16 heavy (non-hydrogen) atoms. The zero-order valence-electron chi connectivity index (χ0n) is 9.34. The molecule has 0 unspecified atom stereocenters. The molecule has 0 aromatic carbocycles. The highest BCUT2D eigenvalue weighted by atomic mass is 16.1. The number of rotatable bonds is 2. The molecule has 2 aromatic heterocycles. The Bertz CT molecular complexity index is 546. The Morgan fingerprint density at radius 1 is 1.25 bits per heavy atom. The molecule has 0 saturated heterocycles. The van der Waals surface area contributed by atoms with Gasteiger partial charge in [-0.05, 0) is 37.1 Å². The summed E-state index contributed by atoms with van der Waals surface area (Å²) in [5.74, 6) is 0. The van der Waals surface area contributed by atoms with Gasteiger partial charge in [-0.15, -0.1) is 0 Å². The minimum Gasteiger partial charge on any atom is -0.268 e. The molecule has 0 saturated carbocycles. The van der Waals surface area contributed by atoms with Gasteiger partial charge in [0.25, 0.3) is 5.56 Å². The molecule has 0 aliphatic rings. The van der Waals surface area contributed by atoms with Crippen molar-refractivity contribution in [3.8, 4) is 0 Å². The molecule has 0 N–H and O–H groups in total. The molecule has 2 aromatic rings. The molecule has 0 aliphatic carbocycles. The van der Waals surface area contributed by atoms with E-state index < -0.39 is 0 Å². The number of aromatic nitrogens is 3. The highest BCUT2D eigenvalue weighted by Crippen LogP contribution is 2.00. The van der Waals surface area contributed by atoms with E-state index in [1.165, 1.54) is 4.68 Å². The first kappa shape index (κ1) is 10.5. The first-order valence-electron chi connectivity index (χ1n) is 5.11. The zero-order valence-corrected chi connectivity index (χ0v) is 9.34. The molecule has 0 amide bonds. The molecule has 4 heteroatoms. The van der Waals surface area contributed by atoms with E-state index in [2.05, 4.69) is 10.1 Å². The number of pyridine rings is 1. The molecule has 0 fully saturated rings. The number of hydrogen-bond acceptors (Lipinski definition) is 3. The Labute approximate surface area is 93.6 Å². The second kappa shape index (κ2) is 4.26. The van der Waals surface area contributed by atoms with Crippen molar-refractivity contribution in [3.05, 3.63) is 57.8 Å². The van der Waals surface area contributed by atoms with Crippen LogP contribution in [0.3, 0.4) is 0 Å². The fourth-order valence-corrected chi connectivity index (χ4v) is 1.45. The van der Waals surface area contributed by atoms with E-state index >= 15 is 0 Å². The van der Waals surface area contributed by atoms with Gasteiger partial charge in [-0.1, -0.05) is 0 Å². The van der Waals surface area contributed by atoms with Crippen molar-refractivity contribution in [2.24, 2.45) is 0 Å². The maximum Gasteiger partial charge on any atom is 0.267 e. The van der Waals surface area contributed by atoms with Crippen molar-refractivity contribution >= 4 is 0 Å². The van der Waals surface area contributed by atoms with E-state index in [0.29, 0.717) is 6.54 Å². The normalized spacial score (nSPS) is 10.4. The average molecular weight is 215 g/mol. The first-order valence-corrected chi connectivity index (χ1v) is 5.11. The SMILES string of the molecule is Cc1cc(=O)n(Cc2ccncc2)nc1C. The Morgan fingerprint density at radius 2 is 1.94 bits per heavy atom. The quantitative estimate of drug-likeness (QED) is 0.758. The van der Waals surface area contributed by atoms with E-state index in [1.807, 2.05) is 26.0 Å². The molecule has 0 radical (unpaired) electrons. The molecule has 2 heterocycles. The van der Waals surface area contributed by atoms with E-state index in [4.69, 9.17) is 0 Å². The summed E-state index contributed by atoms with van der Waals surface area (Å²) in [6.07, 6.45) is 3.42. The Kier molecular flexibility index (Phi) is 2.81. The minimum absolute atomic E-state index is 0.0695. The summed E-state index contributed by atoms with van der Waals surface area (Å²) < 4.78 is 1.47. The van der Waals surface area contributed by atoms with E-state index in [-0.39, 0.29) is 5.56 Å². The maximum absolute atomic E-state index is 11.7. The number of aryl methyl sites for hydroxylation is 2. The Morgan fingerprint density at radius 3 is 2.62 bits per heavy atom. The van der Waals surface area contributed by atoms with Gasteiger partial charge in [-0.3, -0.25) is 9.78 Å². The molecule has 82 valence electrons. The number of nitrogens with zero attached hydrogens (tertiary/aromatic N) is 3. The highest BCUT2D eigenvalue weighted by Gasteiger charge is 2.02. The van der Waals surface area contributed by atoms with Crippen LogP contribution in [0.2, 0.25) is 0 Å². The predicted octanol–water partition coefficient (Wildman–Crippen LogP) is 1.30. The summed E-state index contributed by atoms with van der Waals surface area (Å²) in [5, 5.41) is 4.25. The van der Waals surface area contributed by atoms with Gasteiger partial charge in [-0.25, -0.2) is 4.68 Å². The standard InChI is InChI=1S/C12H13N3O/c1-9-7-12(16)15(14-10(9)2)8-11-3-5-13-6-4-11/h3-7H,8H2,1-2H3. The first-order chi connectivity index (χ1) is 7.66. The van der Waals surface area contributed by atoms with Crippen LogP contribution >= 0.6 is 0 Å². The summed E-state index contributed by atoms with van der Waals surface area (Å²) in [4.78, 5) is 15.6. The van der Waals surface area contributed by atoms with Gasteiger partial charge in [0.2, 0.25) is 0 Å². The lowest BCUT2D eigenvalue weighted by Crippen LogP contribution is -2.24. The highest BCUT2D eigenvalue weighted by molar-refractivity contribution is 5.15. The summed E-state index contributed by atoms with van der Waals surface area (Å²) in [7, 11) is 0. The zero-order chi connectivity index (χ0) is 11.5. The van der Waals surface area contributed by atoms with Crippen LogP contribution in [0, 0.1) is 13.8 Å². The monoisotopic (exact) mass is 215 g/mol. The summed E-state index contributed by atoms with van der Waals surface area (Å²) in [5.41, 5.74) is 2.76. The van der Waals surface area contributed by atoms with Crippen LogP contribution in [-0.2, 0) is 6.54 Å². The molecule has 2 rings (SSSR count). The Balaban J connectivity index is 2.36. The number of hydrogen-bond donors (Lipinski definition) is 0. The maximum atomic E-state index is 11.7. The van der Waals surface area contributed by atoms with Crippen molar-refractivity contribution in [2.75, 3.05) is 0 Å². The van der Waals surface area contributed by atoms with Crippen molar-refractivity contribution in [3.63, 3.8) is 0 Å². The second-order valence-corrected chi connectivity index (χ2v) is 3.76. The van der Waals surface area contributed by atoms with Crippen LogP contribution in [0.25, 0.3) is 0 Å². The van der Waals surface area contributed by atoms with Crippen LogP contribution in [0.1, 0.15) is 16.8 Å². The molecular weight excluding hydrogens is 202 g/mol. The van der Waals surface area contributed by atoms with Gasteiger partial charge in [0.1, 0.15) is 0 Å². The van der Waals surface area contributed by atoms with Crippen LogP contribution in [0.4, 0.5) is 0 Å². The molecule has 0 bridgehead atoms. The Hall–Kier alpha value is -1.97. The fourth-order valence-electron chi connectivity index (χ4n) is 1.45. The predicted molar refractivity (Wildman–Crippen MR) is 61.3 cm³/mol. The van der Waals surface area contributed by atoms with Gasteiger partial charge in [0.15, 0.2) is 0 Å². The van der Waals surface area contributed by atoms with Crippen molar-refractivity contribution in [1.82, 2.24) is 14.8 Å². The van der Waals surface area contributed by atoms with Gasteiger partial charge in [-0.2, -0.15) is 5.10 Å². The van der Waals surface area contributed by atoms with Gasteiger partial charge in [0.05, 0.1) is 12.2 Å².